The molecule has 1 aliphatic heterocycles. The predicted octanol–water partition coefficient (Wildman–Crippen LogP) is 3.90. The van der Waals surface area contributed by atoms with Gasteiger partial charge in [-0.05, 0) is 18.4 Å². The predicted molar refractivity (Wildman–Crippen MR) is 81.5 cm³/mol. The van der Waals surface area contributed by atoms with Gasteiger partial charge in [0.25, 0.3) is 5.91 Å². The Morgan fingerprint density at radius 1 is 1.30 bits per heavy atom. The van der Waals surface area contributed by atoms with Crippen LogP contribution >= 0.6 is 11.3 Å². The van der Waals surface area contributed by atoms with Crippen LogP contribution in [0.25, 0.3) is 0 Å². The molecule has 0 bridgehead atoms. The number of halogens is 3. The molecule has 2 aromatic rings. The van der Waals surface area contributed by atoms with Gasteiger partial charge in [-0.15, -0.1) is 11.3 Å². The molecule has 0 radical (unpaired) electrons. The Bertz CT molecular complexity index is 684. The fraction of sp³-hybridized carbons (Fsp3) is 0.375. The summed E-state index contributed by atoms with van der Waals surface area (Å²) >= 11 is 1.30. The molecule has 122 valence electrons. The third-order valence-corrected chi connectivity index (χ3v) is 4.71. The highest BCUT2D eigenvalue weighted by atomic mass is 32.1. The Hall–Kier alpha value is -1.89. The molecular formula is C16H15F3N2OS. The lowest BCUT2D eigenvalue weighted by atomic mass is 10.2. The molecule has 0 unspecified atom stereocenters. The highest BCUT2D eigenvalue weighted by Gasteiger charge is 2.48. The van der Waals surface area contributed by atoms with Gasteiger partial charge in [-0.25, -0.2) is 4.98 Å². The number of amides is 1. The topological polar surface area (TPSA) is 33.2 Å². The zero-order chi connectivity index (χ0) is 16.4. The first-order valence-corrected chi connectivity index (χ1v) is 8.19. The summed E-state index contributed by atoms with van der Waals surface area (Å²) in [4.78, 5) is 17.5. The summed E-state index contributed by atoms with van der Waals surface area (Å²) in [6, 6.07) is 7.94. The van der Waals surface area contributed by atoms with Crippen LogP contribution in [0.5, 0.6) is 0 Å². The lowest BCUT2D eigenvalue weighted by Gasteiger charge is -2.25. The standard InChI is InChI=1S/C16H15F3N2OS/c17-16(18,19)13-7-4-8-21(13)15(22)12-10-23-14(20-12)9-11-5-2-1-3-6-11/h1-3,5-6,10,13H,4,7-9H2/t13-/m1/s1. The average molecular weight is 340 g/mol. The summed E-state index contributed by atoms with van der Waals surface area (Å²) in [5.74, 6) is -0.625. The van der Waals surface area contributed by atoms with Gasteiger partial charge in [0.2, 0.25) is 0 Å². The van der Waals surface area contributed by atoms with Crippen LogP contribution in [-0.4, -0.2) is 34.6 Å². The molecule has 2 heterocycles. The quantitative estimate of drug-likeness (QED) is 0.849. The first-order valence-electron chi connectivity index (χ1n) is 7.31. The van der Waals surface area contributed by atoms with E-state index in [1.807, 2.05) is 30.3 Å². The maximum atomic E-state index is 13.0. The fourth-order valence-electron chi connectivity index (χ4n) is 2.76. The van der Waals surface area contributed by atoms with E-state index in [-0.39, 0.29) is 18.7 Å². The Morgan fingerprint density at radius 3 is 2.74 bits per heavy atom. The number of alkyl halides is 3. The third kappa shape index (κ3) is 3.55. The van der Waals surface area contributed by atoms with E-state index >= 15 is 0 Å². The molecule has 3 nitrogen and oxygen atoms in total. The van der Waals surface area contributed by atoms with Crippen molar-refractivity contribution in [1.29, 1.82) is 0 Å². The van der Waals surface area contributed by atoms with Gasteiger partial charge < -0.3 is 4.90 Å². The lowest BCUT2D eigenvalue weighted by Crippen LogP contribution is -2.44. The van der Waals surface area contributed by atoms with E-state index in [0.29, 0.717) is 12.8 Å². The van der Waals surface area contributed by atoms with E-state index in [0.717, 1.165) is 15.5 Å². The maximum Gasteiger partial charge on any atom is 0.408 e. The summed E-state index contributed by atoms with van der Waals surface area (Å²) < 4.78 is 38.9. The molecule has 1 fully saturated rings. The molecule has 0 saturated carbocycles. The number of nitrogens with zero attached hydrogens (tertiary/aromatic N) is 2. The van der Waals surface area contributed by atoms with Crippen molar-refractivity contribution < 1.29 is 18.0 Å². The molecule has 1 amide bonds. The molecular weight excluding hydrogens is 325 g/mol. The van der Waals surface area contributed by atoms with Gasteiger partial charge in [-0.1, -0.05) is 30.3 Å². The summed E-state index contributed by atoms with van der Waals surface area (Å²) in [7, 11) is 0. The van der Waals surface area contributed by atoms with E-state index in [4.69, 9.17) is 0 Å². The second kappa shape index (κ2) is 6.31. The first-order chi connectivity index (χ1) is 10.9. The van der Waals surface area contributed by atoms with Crippen molar-refractivity contribution in [2.45, 2.75) is 31.5 Å². The van der Waals surface area contributed by atoms with Crippen LogP contribution in [0.15, 0.2) is 35.7 Å². The third-order valence-electron chi connectivity index (χ3n) is 3.86. The summed E-state index contributed by atoms with van der Waals surface area (Å²) in [6.07, 6.45) is -3.47. The molecule has 1 atom stereocenters. The fourth-order valence-corrected chi connectivity index (χ4v) is 3.56. The van der Waals surface area contributed by atoms with E-state index in [2.05, 4.69) is 4.98 Å². The molecule has 0 aliphatic carbocycles. The lowest BCUT2D eigenvalue weighted by molar-refractivity contribution is -0.169. The maximum absolute atomic E-state index is 13.0. The number of carbonyl (C=O) groups excluding carboxylic acids is 1. The van der Waals surface area contributed by atoms with Crippen molar-refractivity contribution in [3.05, 3.63) is 52.0 Å². The zero-order valence-electron chi connectivity index (χ0n) is 12.2. The SMILES string of the molecule is O=C(c1csc(Cc2ccccc2)n1)N1CCC[C@@H]1C(F)(F)F. The molecule has 1 saturated heterocycles. The average Bonchev–Trinajstić information content (AvgIpc) is 3.16. The van der Waals surface area contributed by atoms with Gasteiger partial charge >= 0.3 is 6.18 Å². The second-order valence-corrected chi connectivity index (χ2v) is 6.43. The van der Waals surface area contributed by atoms with E-state index in [1.165, 1.54) is 11.3 Å². The number of likely N-dealkylation sites (tertiary alicyclic amines) is 1. The summed E-state index contributed by atoms with van der Waals surface area (Å²) in [5, 5.41) is 2.27. The molecule has 3 rings (SSSR count). The highest BCUT2D eigenvalue weighted by Crippen LogP contribution is 2.33. The number of rotatable bonds is 3. The van der Waals surface area contributed by atoms with Crippen molar-refractivity contribution in [3.8, 4) is 0 Å². The number of carbonyl (C=O) groups is 1. The zero-order valence-corrected chi connectivity index (χ0v) is 13.0. The van der Waals surface area contributed by atoms with Crippen molar-refractivity contribution >= 4 is 17.2 Å². The normalized spacial score (nSPS) is 18.4. The number of hydrogen-bond acceptors (Lipinski definition) is 3. The van der Waals surface area contributed by atoms with Gasteiger partial charge in [0.15, 0.2) is 0 Å². The van der Waals surface area contributed by atoms with Gasteiger partial charge in [-0.3, -0.25) is 4.79 Å². The number of hydrogen-bond donors (Lipinski definition) is 0. The van der Waals surface area contributed by atoms with Crippen molar-refractivity contribution in [2.75, 3.05) is 6.54 Å². The van der Waals surface area contributed by atoms with E-state index < -0.39 is 18.1 Å². The van der Waals surface area contributed by atoms with Gasteiger partial charge in [0.05, 0.1) is 5.01 Å². The molecule has 1 aliphatic rings. The highest BCUT2D eigenvalue weighted by molar-refractivity contribution is 7.09. The van der Waals surface area contributed by atoms with Crippen LogP contribution in [-0.2, 0) is 6.42 Å². The molecule has 0 spiro atoms. The Kier molecular flexibility index (Phi) is 4.39. The van der Waals surface area contributed by atoms with Crippen molar-refractivity contribution in [3.63, 3.8) is 0 Å². The minimum absolute atomic E-state index is 0.0315. The van der Waals surface area contributed by atoms with Gasteiger partial charge in [0, 0.05) is 18.3 Å². The van der Waals surface area contributed by atoms with Crippen LogP contribution in [0.3, 0.4) is 0 Å². The monoisotopic (exact) mass is 340 g/mol. The smallest absolute Gasteiger partial charge is 0.325 e. The summed E-state index contributed by atoms with van der Waals surface area (Å²) in [6.45, 7) is 0.133. The van der Waals surface area contributed by atoms with E-state index in [9.17, 15) is 18.0 Å². The first kappa shape index (κ1) is 16.0. The molecule has 1 aromatic heterocycles. The Balaban J connectivity index is 1.74. The van der Waals surface area contributed by atoms with Crippen LogP contribution in [0.4, 0.5) is 13.2 Å². The Morgan fingerprint density at radius 2 is 2.04 bits per heavy atom. The number of thiazole rings is 1. The van der Waals surface area contributed by atoms with Crippen molar-refractivity contribution in [2.24, 2.45) is 0 Å². The van der Waals surface area contributed by atoms with Gasteiger partial charge in [-0.2, -0.15) is 13.2 Å². The minimum Gasteiger partial charge on any atom is -0.325 e. The largest absolute Gasteiger partial charge is 0.408 e. The minimum atomic E-state index is -4.38. The van der Waals surface area contributed by atoms with Crippen molar-refractivity contribution in [1.82, 2.24) is 9.88 Å². The number of benzene rings is 1. The Labute approximate surface area is 135 Å². The van der Waals surface area contributed by atoms with Crippen LogP contribution in [0, 0.1) is 0 Å². The van der Waals surface area contributed by atoms with Gasteiger partial charge in [0.1, 0.15) is 11.7 Å². The van der Waals surface area contributed by atoms with Crippen LogP contribution < -0.4 is 0 Å². The van der Waals surface area contributed by atoms with E-state index in [1.54, 1.807) is 5.38 Å². The second-order valence-electron chi connectivity index (χ2n) is 5.49. The molecule has 7 heteroatoms. The molecule has 0 N–H and O–H groups in total. The van der Waals surface area contributed by atoms with Crippen LogP contribution in [0.2, 0.25) is 0 Å². The summed E-state index contributed by atoms with van der Waals surface area (Å²) in [5.41, 5.74) is 1.16. The molecule has 23 heavy (non-hydrogen) atoms. The molecule has 1 aromatic carbocycles. The van der Waals surface area contributed by atoms with Crippen LogP contribution in [0.1, 0.15) is 33.9 Å². The number of aromatic nitrogens is 1.